The van der Waals surface area contributed by atoms with Crippen LogP contribution in [0.4, 0.5) is 24.8 Å². The first-order valence-electron chi connectivity index (χ1n) is 14.8. The zero-order chi connectivity index (χ0) is 31.4. The minimum atomic E-state index is -4.54. The van der Waals surface area contributed by atoms with Gasteiger partial charge in [0.2, 0.25) is 5.95 Å². The van der Waals surface area contributed by atoms with Crippen molar-refractivity contribution in [3.8, 4) is 0 Å². The number of nitrogens with zero attached hydrogens (tertiary/aromatic N) is 2. The molecule has 0 aliphatic carbocycles. The zero-order valence-corrected chi connectivity index (χ0v) is 24.7. The van der Waals surface area contributed by atoms with Crippen LogP contribution in [0.5, 0.6) is 0 Å². The third-order valence-electron chi connectivity index (χ3n) is 8.26. The van der Waals surface area contributed by atoms with Crippen LogP contribution in [0.2, 0.25) is 0 Å². The smallest absolute Gasteiger partial charge is 0.416 e. The average Bonchev–Trinajstić information content (AvgIpc) is 3.42. The molecule has 0 bridgehead atoms. The van der Waals surface area contributed by atoms with E-state index in [0.717, 1.165) is 72.8 Å². The molecule has 8 nitrogen and oxygen atoms in total. The van der Waals surface area contributed by atoms with Gasteiger partial charge in [0.05, 0.1) is 16.6 Å². The first-order chi connectivity index (χ1) is 21.0. The molecule has 4 N–H and O–H groups in total. The lowest BCUT2D eigenvalue weighted by molar-refractivity contribution is -0.139. The summed E-state index contributed by atoms with van der Waals surface area (Å²) >= 11 is 0. The average molecular weight is 608 g/mol. The van der Waals surface area contributed by atoms with Crippen molar-refractivity contribution in [3.63, 3.8) is 0 Å². The number of piperidine rings is 1. The van der Waals surface area contributed by atoms with Crippen LogP contribution >= 0.6 is 0 Å². The second-order valence-electron chi connectivity index (χ2n) is 11.3. The Labute approximate surface area is 253 Å². The van der Waals surface area contributed by atoms with Crippen molar-refractivity contribution in [3.05, 3.63) is 88.5 Å². The molecule has 0 radical (unpaired) electrons. The van der Waals surface area contributed by atoms with E-state index in [-0.39, 0.29) is 29.5 Å². The summed E-state index contributed by atoms with van der Waals surface area (Å²) in [5, 5.41) is 15.8. The monoisotopic (exact) mass is 607 g/mol. The molecule has 44 heavy (non-hydrogen) atoms. The summed E-state index contributed by atoms with van der Waals surface area (Å²) in [6.07, 6.45) is -2.26. The van der Waals surface area contributed by atoms with E-state index in [0.29, 0.717) is 5.92 Å². The number of para-hydroxylation sites is 2. The lowest BCUT2D eigenvalue weighted by atomic mass is 9.95. The van der Waals surface area contributed by atoms with Crippen LogP contribution in [-0.2, 0) is 23.8 Å². The Morgan fingerprint density at radius 2 is 1.80 bits per heavy atom. The molecule has 4 aromatic rings. The largest absolute Gasteiger partial charge is 0.480 e. The number of carboxylic acid groups (broad SMARTS) is 1. The van der Waals surface area contributed by atoms with Gasteiger partial charge in [0.1, 0.15) is 6.04 Å². The molecule has 1 aliphatic rings. The van der Waals surface area contributed by atoms with E-state index in [1.54, 1.807) is 6.92 Å². The van der Waals surface area contributed by atoms with Gasteiger partial charge in [-0.05, 0) is 85.2 Å². The molecular formula is C33H36F3N5O3. The van der Waals surface area contributed by atoms with E-state index in [2.05, 4.69) is 25.5 Å². The number of halogens is 3. The fraction of sp³-hybridized carbons (Fsp3) is 0.364. The lowest BCUT2D eigenvalue weighted by Gasteiger charge is -2.33. The van der Waals surface area contributed by atoms with Gasteiger partial charge in [0.25, 0.3) is 5.91 Å². The third-order valence-corrected chi connectivity index (χ3v) is 8.26. The Kier molecular flexibility index (Phi) is 9.12. The Morgan fingerprint density at radius 1 is 1.09 bits per heavy atom. The maximum Gasteiger partial charge on any atom is 0.416 e. The summed E-state index contributed by atoms with van der Waals surface area (Å²) in [4.78, 5) is 35.3. The highest BCUT2D eigenvalue weighted by Gasteiger charge is 2.33. The maximum absolute atomic E-state index is 13.3. The molecule has 1 saturated heterocycles. The molecule has 2 heterocycles. The van der Waals surface area contributed by atoms with Crippen LogP contribution < -0.4 is 15.5 Å². The number of hydrogen-bond acceptors (Lipinski definition) is 5. The fourth-order valence-corrected chi connectivity index (χ4v) is 5.81. The minimum Gasteiger partial charge on any atom is -0.480 e. The number of imidazole rings is 1. The van der Waals surface area contributed by atoms with Gasteiger partial charge in [0, 0.05) is 37.3 Å². The molecule has 1 aromatic heterocycles. The van der Waals surface area contributed by atoms with Crippen molar-refractivity contribution in [1.29, 1.82) is 0 Å². The van der Waals surface area contributed by atoms with Gasteiger partial charge >= 0.3 is 12.1 Å². The zero-order valence-electron chi connectivity index (χ0n) is 24.7. The number of aryl methyl sites for hydroxylation is 2. The number of amides is 1. The van der Waals surface area contributed by atoms with Crippen LogP contribution in [0.1, 0.15) is 52.4 Å². The van der Waals surface area contributed by atoms with Gasteiger partial charge in [-0.2, -0.15) is 13.2 Å². The van der Waals surface area contributed by atoms with Gasteiger partial charge in [-0.25, -0.2) is 9.78 Å². The van der Waals surface area contributed by atoms with Crippen molar-refractivity contribution in [2.75, 3.05) is 29.9 Å². The van der Waals surface area contributed by atoms with Crippen molar-refractivity contribution < 1.29 is 27.9 Å². The molecule has 11 heteroatoms. The van der Waals surface area contributed by atoms with Crippen molar-refractivity contribution in [2.45, 2.75) is 51.7 Å². The second-order valence-corrected chi connectivity index (χ2v) is 11.3. The van der Waals surface area contributed by atoms with Gasteiger partial charge in [-0.1, -0.05) is 31.2 Å². The first kappa shape index (κ1) is 30.9. The number of hydrogen-bond donors (Lipinski definition) is 4. The number of nitrogens with one attached hydrogen (secondary N) is 3. The number of H-pyrrole nitrogens is 1. The second kappa shape index (κ2) is 13.0. The Hall–Kier alpha value is -4.54. The summed E-state index contributed by atoms with van der Waals surface area (Å²) < 4.78 is 39.8. The number of aliphatic carboxylic acids is 1. The molecule has 0 spiro atoms. The number of carbonyl (C=O) groups excluding carboxylic acids is 1. The highest BCUT2D eigenvalue weighted by atomic mass is 19.4. The van der Waals surface area contributed by atoms with E-state index in [1.165, 1.54) is 6.92 Å². The van der Waals surface area contributed by atoms with Gasteiger partial charge in [-0.3, -0.25) is 4.79 Å². The molecule has 0 saturated carbocycles. The molecule has 1 amide bonds. The SMILES string of the molecule is CCc1cc(C(F)(F)F)cc(C)c1C(=O)NC(Cc1ccc(N2CCC(CNc3nc4ccccc4[nH]3)CC2)cc1)C(=O)O. The number of benzene rings is 3. The Bertz CT molecular complexity index is 1590. The van der Waals surface area contributed by atoms with Crippen molar-refractivity contribution in [1.82, 2.24) is 15.3 Å². The number of fused-ring (bicyclic) bond motifs is 1. The lowest BCUT2D eigenvalue weighted by Crippen LogP contribution is -2.43. The van der Waals surface area contributed by atoms with Crippen LogP contribution in [0, 0.1) is 12.8 Å². The highest BCUT2D eigenvalue weighted by Crippen LogP contribution is 2.32. The number of carbonyl (C=O) groups is 2. The van der Waals surface area contributed by atoms with Crippen LogP contribution in [0.3, 0.4) is 0 Å². The molecule has 1 fully saturated rings. The van der Waals surface area contributed by atoms with E-state index in [9.17, 15) is 27.9 Å². The molecule has 1 atom stereocenters. The Morgan fingerprint density at radius 3 is 2.43 bits per heavy atom. The number of alkyl halides is 3. The highest BCUT2D eigenvalue weighted by molar-refractivity contribution is 5.99. The van der Waals surface area contributed by atoms with Gasteiger partial charge < -0.3 is 25.6 Å². The van der Waals surface area contributed by atoms with Crippen molar-refractivity contribution in [2.24, 2.45) is 5.92 Å². The summed E-state index contributed by atoms with van der Waals surface area (Å²) in [6, 6.07) is 16.2. The number of anilines is 2. The van der Waals surface area contributed by atoms with E-state index < -0.39 is 29.7 Å². The number of aromatic amines is 1. The first-order valence-corrected chi connectivity index (χ1v) is 14.8. The normalized spacial score (nSPS) is 14.9. The summed E-state index contributed by atoms with van der Waals surface area (Å²) in [5.74, 6) is -0.626. The molecule has 1 aliphatic heterocycles. The van der Waals surface area contributed by atoms with Crippen LogP contribution in [0.25, 0.3) is 11.0 Å². The molecular weight excluding hydrogens is 571 g/mol. The fourth-order valence-electron chi connectivity index (χ4n) is 5.81. The number of carboxylic acids is 1. The standard InChI is InChI=1S/C33H36F3N5O3/c1-3-23-18-24(33(34,35)36)16-20(2)29(23)30(42)38-28(31(43)44)17-21-8-10-25(11-9-21)41-14-12-22(13-15-41)19-37-32-39-26-6-4-5-7-27(26)40-32/h4-11,16,18,22,28H,3,12-15,17,19H2,1-2H3,(H,38,42)(H,43,44)(H2,37,39,40). The van der Waals surface area contributed by atoms with Gasteiger partial charge in [0.15, 0.2) is 0 Å². The predicted molar refractivity (Wildman–Crippen MR) is 164 cm³/mol. The van der Waals surface area contributed by atoms with E-state index in [1.807, 2.05) is 48.5 Å². The number of aromatic nitrogens is 2. The van der Waals surface area contributed by atoms with E-state index in [4.69, 9.17) is 0 Å². The minimum absolute atomic E-state index is 0.0397. The number of rotatable bonds is 10. The summed E-state index contributed by atoms with van der Waals surface area (Å²) in [5.41, 5.74) is 3.33. The summed E-state index contributed by atoms with van der Waals surface area (Å²) in [7, 11) is 0. The topological polar surface area (TPSA) is 110 Å². The molecule has 5 rings (SSSR count). The van der Waals surface area contributed by atoms with Crippen LogP contribution in [-0.4, -0.2) is 52.6 Å². The Balaban J connectivity index is 1.16. The van der Waals surface area contributed by atoms with E-state index >= 15 is 0 Å². The van der Waals surface area contributed by atoms with Gasteiger partial charge in [-0.15, -0.1) is 0 Å². The molecule has 232 valence electrons. The quantitative estimate of drug-likeness (QED) is 0.171. The predicted octanol–water partition coefficient (Wildman–Crippen LogP) is 6.21. The molecule has 1 unspecified atom stereocenters. The van der Waals surface area contributed by atoms with Crippen LogP contribution in [0.15, 0.2) is 60.7 Å². The molecule has 3 aromatic carbocycles. The third kappa shape index (κ3) is 7.15. The van der Waals surface area contributed by atoms with Crippen molar-refractivity contribution >= 4 is 34.5 Å². The summed E-state index contributed by atoms with van der Waals surface area (Å²) in [6.45, 7) is 5.71. The maximum atomic E-state index is 13.3.